The zero-order chi connectivity index (χ0) is 14.7. The summed E-state index contributed by atoms with van der Waals surface area (Å²) in [6, 6.07) is 13.3. The first-order valence-electron chi connectivity index (χ1n) is 7.09. The summed E-state index contributed by atoms with van der Waals surface area (Å²) in [7, 11) is 3.98. The van der Waals surface area contributed by atoms with Crippen LogP contribution in [-0.4, -0.2) is 14.1 Å². The van der Waals surface area contributed by atoms with Gasteiger partial charge in [-0.1, -0.05) is 29.8 Å². The van der Waals surface area contributed by atoms with Crippen LogP contribution in [0.2, 0.25) is 0 Å². The van der Waals surface area contributed by atoms with Crippen molar-refractivity contribution in [2.75, 3.05) is 19.4 Å². The van der Waals surface area contributed by atoms with Crippen LogP contribution in [0.15, 0.2) is 36.4 Å². The molecule has 2 heteroatoms. The second-order valence-corrected chi connectivity index (χ2v) is 5.41. The van der Waals surface area contributed by atoms with Crippen LogP contribution in [-0.2, 0) is 0 Å². The molecular formula is C18H24N2. The predicted molar refractivity (Wildman–Crippen MR) is 87.5 cm³/mol. The van der Waals surface area contributed by atoms with Crippen LogP contribution in [0, 0.1) is 20.8 Å². The lowest BCUT2D eigenvalue weighted by molar-refractivity contribution is 0.683. The lowest BCUT2D eigenvalue weighted by Gasteiger charge is -2.23. The molecule has 0 heterocycles. The van der Waals surface area contributed by atoms with Gasteiger partial charge in [0, 0.05) is 12.7 Å². The number of hydrogen-bond acceptors (Lipinski definition) is 2. The summed E-state index contributed by atoms with van der Waals surface area (Å²) in [5.74, 6) is 0. The van der Waals surface area contributed by atoms with Gasteiger partial charge in [0.2, 0.25) is 0 Å². The quantitative estimate of drug-likeness (QED) is 0.877. The highest BCUT2D eigenvalue weighted by atomic mass is 14.9. The van der Waals surface area contributed by atoms with E-state index in [9.17, 15) is 0 Å². The molecule has 0 aromatic heterocycles. The van der Waals surface area contributed by atoms with Crippen molar-refractivity contribution < 1.29 is 0 Å². The maximum atomic E-state index is 3.46. The molecule has 0 saturated carbocycles. The molecule has 2 N–H and O–H groups in total. The van der Waals surface area contributed by atoms with Gasteiger partial charge >= 0.3 is 0 Å². The third kappa shape index (κ3) is 2.86. The highest BCUT2D eigenvalue weighted by Crippen LogP contribution is 2.29. The highest BCUT2D eigenvalue weighted by Gasteiger charge is 2.17. The van der Waals surface area contributed by atoms with E-state index in [1.165, 1.54) is 27.8 Å². The largest absolute Gasteiger partial charge is 0.388 e. The summed E-state index contributed by atoms with van der Waals surface area (Å²) in [6.07, 6.45) is 0. The van der Waals surface area contributed by atoms with Crippen molar-refractivity contribution in [2.45, 2.75) is 26.8 Å². The second kappa shape index (κ2) is 6.10. The molecule has 2 rings (SSSR count). The third-order valence-electron chi connectivity index (χ3n) is 3.82. The third-order valence-corrected chi connectivity index (χ3v) is 3.82. The molecule has 2 aromatic rings. The smallest absolute Gasteiger partial charge is 0.0580 e. The minimum atomic E-state index is 0.226. The van der Waals surface area contributed by atoms with Gasteiger partial charge in [-0.2, -0.15) is 0 Å². The highest BCUT2D eigenvalue weighted by molar-refractivity contribution is 5.50. The van der Waals surface area contributed by atoms with Crippen LogP contribution < -0.4 is 10.6 Å². The van der Waals surface area contributed by atoms with E-state index in [1.807, 2.05) is 14.1 Å². The Morgan fingerprint density at radius 3 is 2.10 bits per heavy atom. The zero-order valence-electron chi connectivity index (χ0n) is 13.0. The van der Waals surface area contributed by atoms with Crippen molar-refractivity contribution in [1.29, 1.82) is 0 Å². The van der Waals surface area contributed by atoms with Crippen LogP contribution in [0.1, 0.15) is 33.9 Å². The van der Waals surface area contributed by atoms with E-state index in [4.69, 9.17) is 0 Å². The Morgan fingerprint density at radius 1 is 0.900 bits per heavy atom. The lowest BCUT2D eigenvalue weighted by Crippen LogP contribution is -2.20. The summed E-state index contributed by atoms with van der Waals surface area (Å²) in [5, 5.41) is 6.67. The van der Waals surface area contributed by atoms with Crippen molar-refractivity contribution in [3.05, 3.63) is 64.2 Å². The van der Waals surface area contributed by atoms with E-state index in [1.54, 1.807) is 0 Å². The Bertz CT molecular complexity index is 579. The molecular weight excluding hydrogens is 244 g/mol. The van der Waals surface area contributed by atoms with Crippen LogP contribution >= 0.6 is 0 Å². The first-order valence-corrected chi connectivity index (χ1v) is 7.09. The van der Waals surface area contributed by atoms with Crippen molar-refractivity contribution in [2.24, 2.45) is 0 Å². The fraction of sp³-hybridized carbons (Fsp3) is 0.333. The van der Waals surface area contributed by atoms with Crippen molar-refractivity contribution in [3.8, 4) is 0 Å². The van der Waals surface area contributed by atoms with E-state index in [0.717, 1.165) is 5.69 Å². The summed E-state index contributed by atoms with van der Waals surface area (Å²) < 4.78 is 0. The molecule has 0 aliphatic heterocycles. The Balaban J connectivity index is 2.52. The number of aryl methyl sites for hydroxylation is 3. The monoisotopic (exact) mass is 268 g/mol. The Labute approximate surface area is 122 Å². The fourth-order valence-electron chi connectivity index (χ4n) is 3.00. The molecule has 1 unspecified atom stereocenters. The topological polar surface area (TPSA) is 24.1 Å². The van der Waals surface area contributed by atoms with E-state index in [-0.39, 0.29) is 6.04 Å². The summed E-state index contributed by atoms with van der Waals surface area (Å²) in [5.41, 5.74) is 7.82. The van der Waals surface area contributed by atoms with Crippen LogP contribution in [0.4, 0.5) is 5.69 Å². The Morgan fingerprint density at radius 2 is 1.55 bits per heavy atom. The van der Waals surface area contributed by atoms with Crippen molar-refractivity contribution in [1.82, 2.24) is 5.32 Å². The number of benzene rings is 2. The maximum absolute atomic E-state index is 3.46. The van der Waals surface area contributed by atoms with E-state index < -0.39 is 0 Å². The van der Waals surface area contributed by atoms with Crippen LogP contribution in [0.5, 0.6) is 0 Å². The average Bonchev–Trinajstić information content (AvgIpc) is 2.42. The first-order chi connectivity index (χ1) is 9.56. The lowest BCUT2D eigenvalue weighted by atomic mass is 9.90. The minimum absolute atomic E-state index is 0.226. The Kier molecular flexibility index (Phi) is 4.46. The fourth-order valence-corrected chi connectivity index (χ4v) is 3.00. The summed E-state index contributed by atoms with van der Waals surface area (Å²) in [4.78, 5) is 0. The molecule has 0 spiro atoms. The minimum Gasteiger partial charge on any atom is -0.388 e. The molecule has 0 radical (unpaired) electrons. The van der Waals surface area contributed by atoms with Gasteiger partial charge in [0.1, 0.15) is 0 Å². The molecule has 2 nitrogen and oxygen atoms in total. The van der Waals surface area contributed by atoms with E-state index >= 15 is 0 Å². The molecule has 0 fully saturated rings. The molecule has 0 bridgehead atoms. The van der Waals surface area contributed by atoms with Gasteiger partial charge in [0.25, 0.3) is 0 Å². The number of hydrogen-bond donors (Lipinski definition) is 2. The second-order valence-electron chi connectivity index (χ2n) is 5.41. The molecule has 2 aromatic carbocycles. The zero-order valence-corrected chi connectivity index (χ0v) is 13.0. The average molecular weight is 268 g/mol. The molecule has 1 atom stereocenters. The van der Waals surface area contributed by atoms with Crippen molar-refractivity contribution >= 4 is 5.69 Å². The molecule has 0 saturated heterocycles. The Hall–Kier alpha value is -1.80. The van der Waals surface area contributed by atoms with Gasteiger partial charge in [-0.25, -0.2) is 0 Å². The predicted octanol–water partition coefficient (Wildman–Crippen LogP) is 3.96. The van der Waals surface area contributed by atoms with Gasteiger partial charge in [-0.15, -0.1) is 0 Å². The number of rotatable bonds is 4. The number of nitrogens with one attached hydrogen (secondary N) is 2. The van der Waals surface area contributed by atoms with Gasteiger partial charge in [0.05, 0.1) is 6.04 Å². The molecule has 0 amide bonds. The van der Waals surface area contributed by atoms with E-state index in [2.05, 4.69) is 67.8 Å². The van der Waals surface area contributed by atoms with E-state index in [0.29, 0.717) is 0 Å². The summed E-state index contributed by atoms with van der Waals surface area (Å²) in [6.45, 7) is 6.54. The molecule has 0 aliphatic rings. The SMILES string of the molecule is CNc1cccc(C(NC)c2c(C)cc(C)cc2C)c1. The van der Waals surface area contributed by atoms with Gasteiger partial charge in [-0.05, 0) is 62.2 Å². The first kappa shape index (κ1) is 14.6. The molecule has 106 valence electrons. The van der Waals surface area contributed by atoms with Crippen molar-refractivity contribution in [3.63, 3.8) is 0 Å². The van der Waals surface area contributed by atoms with Crippen LogP contribution in [0.3, 0.4) is 0 Å². The maximum Gasteiger partial charge on any atom is 0.0580 e. The number of anilines is 1. The summed E-state index contributed by atoms with van der Waals surface area (Å²) >= 11 is 0. The molecule has 0 aliphatic carbocycles. The van der Waals surface area contributed by atoms with Gasteiger partial charge in [-0.3, -0.25) is 0 Å². The normalized spacial score (nSPS) is 12.2. The standard InChI is InChI=1S/C18H24N2/c1-12-9-13(2)17(14(3)10-12)18(20-5)15-7-6-8-16(11-15)19-4/h6-11,18-20H,1-5H3. The van der Waals surface area contributed by atoms with Gasteiger partial charge < -0.3 is 10.6 Å². The van der Waals surface area contributed by atoms with Gasteiger partial charge in [0.15, 0.2) is 0 Å². The van der Waals surface area contributed by atoms with Crippen LogP contribution in [0.25, 0.3) is 0 Å². The molecule has 20 heavy (non-hydrogen) atoms.